The number of fused-ring (bicyclic) bond motifs is 1. The van der Waals surface area contributed by atoms with Gasteiger partial charge in [-0.15, -0.1) is 11.3 Å². The van der Waals surface area contributed by atoms with E-state index in [9.17, 15) is 0 Å². The largest absolute Gasteiger partial charge is 0.328 e. The third kappa shape index (κ3) is 2.46. The number of rotatable bonds is 4. The van der Waals surface area contributed by atoms with E-state index in [1.54, 1.807) is 0 Å². The zero-order chi connectivity index (χ0) is 15.1. The summed E-state index contributed by atoms with van der Waals surface area (Å²) in [6, 6.07) is 2.25. The molecule has 0 aliphatic rings. The predicted octanol–water partition coefficient (Wildman–Crippen LogP) is 4.11. The van der Waals surface area contributed by atoms with Crippen LogP contribution in [0.5, 0.6) is 0 Å². The number of H-pyrrole nitrogens is 1. The van der Waals surface area contributed by atoms with Gasteiger partial charge < -0.3 is 4.98 Å². The minimum atomic E-state index is 0.777. The first kappa shape index (κ1) is 14.5. The van der Waals surface area contributed by atoms with Crippen molar-refractivity contribution in [3.63, 3.8) is 0 Å². The Labute approximate surface area is 133 Å². The molecular weight excluding hydrogens is 300 g/mol. The molecule has 4 nitrogen and oxygen atoms in total. The topological polar surface area (TPSA) is 38.5 Å². The van der Waals surface area contributed by atoms with Crippen molar-refractivity contribution < 1.29 is 0 Å². The van der Waals surface area contributed by atoms with Crippen molar-refractivity contribution in [3.8, 4) is 0 Å². The Morgan fingerprint density at radius 3 is 2.76 bits per heavy atom. The number of aromatic nitrogens is 4. The highest BCUT2D eigenvalue weighted by atomic mass is 32.1. The van der Waals surface area contributed by atoms with Gasteiger partial charge in [0.15, 0.2) is 10.4 Å². The molecule has 0 amide bonds. The number of aromatic amines is 1. The van der Waals surface area contributed by atoms with E-state index in [0.717, 1.165) is 41.0 Å². The molecule has 3 rings (SSSR count). The summed E-state index contributed by atoms with van der Waals surface area (Å²) in [4.78, 5) is 6.05. The number of imidazole rings is 1. The van der Waals surface area contributed by atoms with Gasteiger partial charge in [0, 0.05) is 16.8 Å². The fraction of sp³-hybridized carbons (Fsp3) is 0.467. The van der Waals surface area contributed by atoms with E-state index in [-0.39, 0.29) is 0 Å². The Morgan fingerprint density at radius 1 is 1.38 bits per heavy atom. The van der Waals surface area contributed by atoms with Crippen molar-refractivity contribution in [2.75, 3.05) is 0 Å². The molecule has 6 heteroatoms. The third-order valence-corrected chi connectivity index (χ3v) is 5.30. The molecule has 112 valence electrons. The number of aryl methyl sites for hydroxylation is 4. The fourth-order valence-electron chi connectivity index (χ4n) is 2.72. The van der Waals surface area contributed by atoms with Gasteiger partial charge in [-0.25, -0.2) is 0 Å². The number of hydrogen-bond donors (Lipinski definition) is 1. The molecule has 3 heterocycles. The van der Waals surface area contributed by atoms with Crippen LogP contribution in [0.3, 0.4) is 0 Å². The summed E-state index contributed by atoms with van der Waals surface area (Å²) in [5, 5.41) is 4.63. The normalized spacial score (nSPS) is 11.6. The molecule has 0 unspecified atom stereocenters. The second-order valence-electron chi connectivity index (χ2n) is 5.49. The van der Waals surface area contributed by atoms with Gasteiger partial charge in [0.05, 0.1) is 12.2 Å². The van der Waals surface area contributed by atoms with Crippen LogP contribution in [0.2, 0.25) is 0 Å². The SMILES string of the molecule is CCCc1nn(C)c2c1[nH]c(=S)n2Cc1cc(C)c(C)s1. The maximum Gasteiger partial charge on any atom is 0.179 e. The highest BCUT2D eigenvalue weighted by molar-refractivity contribution is 7.71. The van der Waals surface area contributed by atoms with Gasteiger partial charge in [-0.3, -0.25) is 9.25 Å². The van der Waals surface area contributed by atoms with Gasteiger partial charge in [-0.05, 0) is 44.1 Å². The van der Waals surface area contributed by atoms with E-state index in [4.69, 9.17) is 12.2 Å². The molecule has 0 saturated carbocycles. The van der Waals surface area contributed by atoms with E-state index in [0.29, 0.717) is 0 Å². The van der Waals surface area contributed by atoms with Gasteiger partial charge in [0.25, 0.3) is 0 Å². The predicted molar refractivity (Wildman–Crippen MR) is 90.8 cm³/mol. The summed E-state index contributed by atoms with van der Waals surface area (Å²) in [7, 11) is 1.99. The van der Waals surface area contributed by atoms with Gasteiger partial charge in [-0.1, -0.05) is 13.3 Å². The van der Waals surface area contributed by atoms with Crippen molar-refractivity contribution in [3.05, 3.63) is 31.8 Å². The molecule has 0 atom stereocenters. The smallest absolute Gasteiger partial charge is 0.179 e. The molecule has 0 spiro atoms. The third-order valence-electron chi connectivity index (χ3n) is 3.84. The summed E-state index contributed by atoms with van der Waals surface area (Å²) in [6.45, 7) is 7.30. The first-order valence-corrected chi connectivity index (χ1v) is 8.44. The van der Waals surface area contributed by atoms with E-state index in [1.165, 1.54) is 15.3 Å². The summed E-state index contributed by atoms with van der Waals surface area (Å²) >= 11 is 7.36. The Kier molecular flexibility index (Phi) is 3.75. The lowest BCUT2D eigenvalue weighted by molar-refractivity contribution is 0.706. The first-order chi connectivity index (χ1) is 10.0. The van der Waals surface area contributed by atoms with Crippen LogP contribution in [0.1, 0.15) is 34.4 Å². The average molecular weight is 320 g/mol. The Balaban J connectivity index is 2.10. The molecule has 0 aromatic carbocycles. The first-order valence-electron chi connectivity index (χ1n) is 7.21. The highest BCUT2D eigenvalue weighted by Crippen LogP contribution is 2.25. The monoisotopic (exact) mass is 320 g/mol. The minimum Gasteiger partial charge on any atom is -0.328 e. The van der Waals surface area contributed by atoms with Crippen LogP contribution in [-0.2, 0) is 20.0 Å². The lowest BCUT2D eigenvalue weighted by Crippen LogP contribution is -2.03. The zero-order valence-electron chi connectivity index (χ0n) is 12.9. The van der Waals surface area contributed by atoms with Crippen molar-refractivity contribution >= 4 is 34.7 Å². The Morgan fingerprint density at radius 2 is 2.14 bits per heavy atom. The Hall–Kier alpha value is -1.40. The molecule has 0 aliphatic carbocycles. The second kappa shape index (κ2) is 5.42. The molecule has 21 heavy (non-hydrogen) atoms. The second-order valence-corrected chi connectivity index (χ2v) is 7.21. The number of hydrogen-bond acceptors (Lipinski definition) is 3. The van der Waals surface area contributed by atoms with E-state index >= 15 is 0 Å². The molecule has 0 aliphatic heterocycles. The summed E-state index contributed by atoms with van der Waals surface area (Å²) in [6.07, 6.45) is 2.06. The summed E-state index contributed by atoms with van der Waals surface area (Å²) in [5.74, 6) is 0. The fourth-order valence-corrected chi connectivity index (χ4v) is 4.02. The lowest BCUT2D eigenvalue weighted by atomic mass is 10.2. The minimum absolute atomic E-state index is 0.777. The van der Waals surface area contributed by atoms with Crippen LogP contribution in [0.25, 0.3) is 11.2 Å². The standard InChI is InChI=1S/C15H20N4S2/c1-5-6-12-13-14(18(4)17-12)19(15(20)16-13)8-11-7-9(2)10(3)21-11/h7H,5-6,8H2,1-4H3,(H,16,20). The van der Waals surface area contributed by atoms with Crippen molar-refractivity contribution in [2.24, 2.45) is 7.05 Å². The summed E-state index contributed by atoms with van der Waals surface area (Å²) < 4.78 is 4.88. The molecule has 0 bridgehead atoms. The maximum atomic E-state index is 5.52. The molecule has 0 radical (unpaired) electrons. The van der Waals surface area contributed by atoms with Crippen molar-refractivity contribution in [2.45, 2.75) is 40.2 Å². The Bertz CT molecular complexity index is 828. The molecule has 1 N–H and O–H groups in total. The average Bonchev–Trinajstić information content (AvgIpc) is 3.00. The van der Waals surface area contributed by atoms with Crippen LogP contribution < -0.4 is 0 Å². The molecule has 3 aromatic heterocycles. The van der Waals surface area contributed by atoms with Gasteiger partial charge in [0.1, 0.15) is 5.52 Å². The maximum absolute atomic E-state index is 5.52. The van der Waals surface area contributed by atoms with Crippen molar-refractivity contribution in [1.82, 2.24) is 19.3 Å². The number of thiophene rings is 1. The van der Waals surface area contributed by atoms with Gasteiger partial charge in [-0.2, -0.15) is 5.10 Å². The van der Waals surface area contributed by atoms with Crippen LogP contribution in [-0.4, -0.2) is 19.3 Å². The van der Waals surface area contributed by atoms with E-state index in [2.05, 4.69) is 41.5 Å². The molecular formula is C15H20N4S2. The quantitative estimate of drug-likeness (QED) is 0.735. The van der Waals surface area contributed by atoms with Crippen LogP contribution >= 0.6 is 23.6 Å². The number of nitrogens with zero attached hydrogens (tertiary/aromatic N) is 3. The lowest BCUT2D eigenvalue weighted by Gasteiger charge is -2.02. The van der Waals surface area contributed by atoms with Crippen LogP contribution in [0, 0.1) is 18.6 Å². The van der Waals surface area contributed by atoms with Crippen LogP contribution in [0.15, 0.2) is 6.07 Å². The van der Waals surface area contributed by atoms with Crippen LogP contribution in [0.4, 0.5) is 0 Å². The van der Waals surface area contributed by atoms with Crippen molar-refractivity contribution in [1.29, 1.82) is 0 Å². The number of nitrogens with one attached hydrogen (secondary N) is 1. The van der Waals surface area contributed by atoms with Gasteiger partial charge in [0.2, 0.25) is 0 Å². The zero-order valence-corrected chi connectivity index (χ0v) is 14.5. The molecule has 0 saturated heterocycles. The van der Waals surface area contributed by atoms with E-state index in [1.807, 2.05) is 23.1 Å². The molecule has 3 aromatic rings. The van der Waals surface area contributed by atoms with E-state index < -0.39 is 0 Å². The summed E-state index contributed by atoms with van der Waals surface area (Å²) in [5.41, 5.74) is 4.64. The highest BCUT2D eigenvalue weighted by Gasteiger charge is 2.15. The van der Waals surface area contributed by atoms with Gasteiger partial charge >= 0.3 is 0 Å². The molecule has 0 fully saturated rings.